The van der Waals surface area contributed by atoms with Crippen molar-refractivity contribution in [1.82, 2.24) is 5.32 Å². The number of fused-ring (bicyclic) bond motifs is 1. The van der Waals surface area contributed by atoms with E-state index in [-0.39, 0.29) is 29.6 Å². The Morgan fingerprint density at radius 2 is 1.61 bits per heavy atom. The molecule has 4 aromatic rings. The van der Waals surface area contributed by atoms with Gasteiger partial charge < -0.3 is 16.2 Å². The Kier molecular flexibility index (Phi) is 6.61. The minimum absolute atomic E-state index is 0.00735. The van der Waals surface area contributed by atoms with E-state index < -0.39 is 11.8 Å². The fourth-order valence-corrected chi connectivity index (χ4v) is 4.37. The van der Waals surface area contributed by atoms with E-state index >= 15 is 0 Å². The van der Waals surface area contributed by atoms with Gasteiger partial charge >= 0.3 is 0 Å². The third kappa shape index (κ3) is 4.83. The van der Waals surface area contributed by atoms with Crippen LogP contribution < -0.4 is 11.1 Å². The van der Waals surface area contributed by atoms with Gasteiger partial charge in [-0.3, -0.25) is 10.2 Å². The number of phenols is 1. The molecule has 4 rings (SSSR count). The summed E-state index contributed by atoms with van der Waals surface area (Å²) in [7, 11) is 0. The van der Waals surface area contributed by atoms with Gasteiger partial charge in [-0.1, -0.05) is 78.3 Å². The third-order valence-corrected chi connectivity index (χ3v) is 6.07. The monoisotopic (exact) mass is 457 g/mol. The molecule has 0 spiro atoms. The van der Waals surface area contributed by atoms with Crippen molar-refractivity contribution in [2.75, 3.05) is 6.54 Å². The molecule has 0 saturated heterocycles. The Morgan fingerprint density at radius 3 is 2.33 bits per heavy atom. The van der Waals surface area contributed by atoms with E-state index in [4.69, 9.17) is 22.7 Å². The molecule has 0 aliphatic rings. The predicted octanol–water partition coefficient (Wildman–Crippen LogP) is 5.43. The number of carbonyl (C=O) groups is 1. The molecule has 0 saturated carbocycles. The minimum atomic E-state index is -0.488. The topological polar surface area (TPSA) is 99.2 Å². The van der Waals surface area contributed by atoms with Crippen LogP contribution >= 0.6 is 11.6 Å². The maximum Gasteiger partial charge on any atom is 0.255 e. The highest BCUT2D eigenvalue weighted by atomic mass is 35.5. The summed E-state index contributed by atoms with van der Waals surface area (Å²) in [6, 6.07) is 27.7. The molecule has 0 aliphatic heterocycles. The molecule has 0 fully saturated rings. The average molecular weight is 458 g/mol. The number of nitrogens with two attached hydrogens (primary N) is 1. The van der Waals surface area contributed by atoms with E-state index in [2.05, 4.69) is 5.32 Å². The van der Waals surface area contributed by atoms with Crippen molar-refractivity contribution in [1.29, 1.82) is 5.41 Å². The fourth-order valence-electron chi connectivity index (χ4n) is 4.24. The number of amides is 1. The van der Waals surface area contributed by atoms with E-state index in [1.165, 1.54) is 6.07 Å². The van der Waals surface area contributed by atoms with Crippen molar-refractivity contribution in [3.8, 4) is 5.75 Å². The van der Waals surface area contributed by atoms with E-state index in [9.17, 15) is 9.90 Å². The molecule has 0 heterocycles. The summed E-state index contributed by atoms with van der Waals surface area (Å²) in [6.45, 7) is 0.216. The Bertz CT molecular complexity index is 1300. The van der Waals surface area contributed by atoms with Crippen LogP contribution in [0.4, 0.5) is 0 Å². The standard InChI is InChI=1S/C27H24ClN3O2/c28-19-14-12-18(13-15-19)25(26(29)30)23(16-31-27(33)22-9-3-4-11-24(22)32)21-10-5-7-17-6-1-2-8-20(17)21/h1-15,23,25,32H,16H2,(H3,29,30)(H,31,33). The zero-order chi connectivity index (χ0) is 23.4. The number of phenolic OH excluding ortho intramolecular Hbond substituents is 1. The van der Waals surface area contributed by atoms with Crippen LogP contribution in [0.5, 0.6) is 5.75 Å². The van der Waals surface area contributed by atoms with Crippen LogP contribution in [0.3, 0.4) is 0 Å². The third-order valence-electron chi connectivity index (χ3n) is 5.82. The smallest absolute Gasteiger partial charge is 0.255 e. The second kappa shape index (κ2) is 9.76. The summed E-state index contributed by atoms with van der Waals surface area (Å²) in [5.74, 6) is -1.30. The Morgan fingerprint density at radius 1 is 0.939 bits per heavy atom. The average Bonchev–Trinajstić information content (AvgIpc) is 2.82. The van der Waals surface area contributed by atoms with Crippen molar-refractivity contribution in [3.05, 3.63) is 113 Å². The van der Waals surface area contributed by atoms with Gasteiger partial charge in [0.2, 0.25) is 0 Å². The van der Waals surface area contributed by atoms with Gasteiger partial charge in [0.1, 0.15) is 5.75 Å². The molecule has 2 unspecified atom stereocenters. The maximum atomic E-state index is 12.9. The van der Waals surface area contributed by atoms with Gasteiger partial charge in [-0.25, -0.2) is 0 Å². The number of halogens is 1. The zero-order valence-electron chi connectivity index (χ0n) is 17.8. The van der Waals surface area contributed by atoms with Crippen LogP contribution in [0.2, 0.25) is 5.02 Å². The van der Waals surface area contributed by atoms with Gasteiger partial charge in [-0.15, -0.1) is 0 Å². The fraction of sp³-hybridized carbons (Fsp3) is 0.111. The number of hydrogen-bond acceptors (Lipinski definition) is 3. The highest BCUT2D eigenvalue weighted by Crippen LogP contribution is 2.37. The van der Waals surface area contributed by atoms with Crippen LogP contribution in [-0.4, -0.2) is 23.4 Å². The summed E-state index contributed by atoms with van der Waals surface area (Å²) in [6.07, 6.45) is 0. The van der Waals surface area contributed by atoms with Crippen LogP contribution in [0.1, 0.15) is 33.3 Å². The summed E-state index contributed by atoms with van der Waals surface area (Å²) in [4.78, 5) is 12.9. The molecule has 1 amide bonds. The number of rotatable bonds is 7. The van der Waals surface area contributed by atoms with Gasteiger partial charge in [-0.2, -0.15) is 0 Å². The van der Waals surface area contributed by atoms with E-state index in [1.54, 1.807) is 30.3 Å². The lowest BCUT2D eigenvalue weighted by Crippen LogP contribution is -2.35. The van der Waals surface area contributed by atoms with Crippen molar-refractivity contribution < 1.29 is 9.90 Å². The van der Waals surface area contributed by atoms with Crippen LogP contribution in [0.15, 0.2) is 91.0 Å². The molecule has 2 atom stereocenters. The van der Waals surface area contributed by atoms with E-state index in [0.29, 0.717) is 5.02 Å². The number of nitrogens with one attached hydrogen (secondary N) is 2. The second-order valence-electron chi connectivity index (χ2n) is 7.89. The zero-order valence-corrected chi connectivity index (χ0v) is 18.6. The molecule has 6 heteroatoms. The van der Waals surface area contributed by atoms with Crippen molar-refractivity contribution in [3.63, 3.8) is 0 Å². The molecule has 5 nitrogen and oxygen atoms in total. The van der Waals surface area contributed by atoms with Crippen LogP contribution in [0, 0.1) is 5.41 Å². The Balaban J connectivity index is 1.77. The summed E-state index contributed by atoms with van der Waals surface area (Å²) in [5.41, 5.74) is 8.13. The number of carbonyl (C=O) groups excluding carboxylic acids is 1. The molecule has 33 heavy (non-hydrogen) atoms. The quantitative estimate of drug-likeness (QED) is 0.220. The number of aromatic hydroxyl groups is 1. The van der Waals surface area contributed by atoms with Crippen LogP contribution in [0.25, 0.3) is 10.8 Å². The predicted molar refractivity (Wildman–Crippen MR) is 133 cm³/mol. The minimum Gasteiger partial charge on any atom is -0.507 e. The SMILES string of the molecule is N=C(N)C(c1ccc(Cl)cc1)C(CNC(=O)c1ccccc1O)c1cccc2ccccc12. The van der Waals surface area contributed by atoms with Gasteiger partial charge in [0, 0.05) is 23.4 Å². The van der Waals surface area contributed by atoms with Crippen molar-refractivity contribution in [2.24, 2.45) is 5.73 Å². The molecule has 166 valence electrons. The maximum absolute atomic E-state index is 12.9. The largest absolute Gasteiger partial charge is 0.507 e. The lowest BCUT2D eigenvalue weighted by Gasteiger charge is -2.29. The first-order valence-corrected chi connectivity index (χ1v) is 11.0. The first-order chi connectivity index (χ1) is 16.0. The first kappa shape index (κ1) is 22.4. The molecular weight excluding hydrogens is 434 g/mol. The molecule has 5 N–H and O–H groups in total. The van der Waals surface area contributed by atoms with Crippen molar-refractivity contribution >= 4 is 34.1 Å². The number of amidine groups is 1. The van der Waals surface area contributed by atoms with Crippen molar-refractivity contribution in [2.45, 2.75) is 11.8 Å². The number of para-hydroxylation sites is 1. The molecule has 0 bridgehead atoms. The van der Waals surface area contributed by atoms with E-state index in [1.807, 2.05) is 54.6 Å². The van der Waals surface area contributed by atoms with Crippen LogP contribution in [-0.2, 0) is 0 Å². The van der Waals surface area contributed by atoms with Gasteiger partial charge in [-0.05, 0) is 46.2 Å². The Labute approximate surface area is 197 Å². The molecular formula is C27H24ClN3O2. The number of hydrogen-bond donors (Lipinski definition) is 4. The lowest BCUT2D eigenvalue weighted by atomic mass is 9.79. The number of benzene rings is 4. The van der Waals surface area contributed by atoms with Gasteiger partial charge in [0.15, 0.2) is 0 Å². The second-order valence-corrected chi connectivity index (χ2v) is 8.32. The highest BCUT2D eigenvalue weighted by molar-refractivity contribution is 6.30. The molecule has 0 aromatic heterocycles. The van der Waals surface area contributed by atoms with Gasteiger partial charge in [0.05, 0.1) is 11.4 Å². The molecule has 0 radical (unpaired) electrons. The summed E-state index contributed by atoms with van der Waals surface area (Å²) in [5, 5.41) is 24.1. The summed E-state index contributed by atoms with van der Waals surface area (Å²) < 4.78 is 0. The lowest BCUT2D eigenvalue weighted by molar-refractivity contribution is 0.0948. The highest BCUT2D eigenvalue weighted by Gasteiger charge is 2.29. The normalized spacial score (nSPS) is 12.8. The summed E-state index contributed by atoms with van der Waals surface area (Å²) >= 11 is 6.09. The molecule has 4 aromatic carbocycles. The first-order valence-electron chi connectivity index (χ1n) is 10.6. The van der Waals surface area contributed by atoms with Gasteiger partial charge in [0.25, 0.3) is 5.91 Å². The van der Waals surface area contributed by atoms with E-state index in [0.717, 1.165) is 21.9 Å². The Hall–Kier alpha value is -3.83. The molecule has 0 aliphatic carbocycles.